The van der Waals surface area contributed by atoms with Gasteiger partial charge in [0.2, 0.25) is 0 Å². The highest BCUT2D eigenvalue weighted by molar-refractivity contribution is 5.67. The number of rotatable bonds is 5. The van der Waals surface area contributed by atoms with Crippen molar-refractivity contribution in [2.75, 3.05) is 13.1 Å². The van der Waals surface area contributed by atoms with Gasteiger partial charge in [-0.05, 0) is 55.9 Å². The summed E-state index contributed by atoms with van der Waals surface area (Å²) in [7, 11) is 0. The summed E-state index contributed by atoms with van der Waals surface area (Å²) in [5, 5.41) is 9.03. The van der Waals surface area contributed by atoms with E-state index in [0.717, 1.165) is 24.4 Å². The van der Waals surface area contributed by atoms with E-state index in [1.165, 1.54) is 45.1 Å². The highest BCUT2D eigenvalue weighted by Gasteiger charge is 2.35. The van der Waals surface area contributed by atoms with Crippen molar-refractivity contribution in [3.8, 4) is 0 Å². The fourth-order valence-corrected chi connectivity index (χ4v) is 4.62. The highest BCUT2D eigenvalue weighted by atomic mass is 16.4. The van der Waals surface area contributed by atoms with E-state index in [1.54, 1.807) is 0 Å². The van der Waals surface area contributed by atoms with Crippen molar-refractivity contribution in [1.82, 2.24) is 4.90 Å². The molecule has 1 saturated heterocycles. The topological polar surface area (TPSA) is 40.5 Å². The van der Waals surface area contributed by atoms with Crippen molar-refractivity contribution in [3.63, 3.8) is 0 Å². The molecule has 3 heteroatoms. The number of aliphatic carboxylic acids is 1. The van der Waals surface area contributed by atoms with Gasteiger partial charge in [-0.3, -0.25) is 9.69 Å². The van der Waals surface area contributed by atoms with Gasteiger partial charge in [0.15, 0.2) is 0 Å². The molecule has 1 saturated carbocycles. The lowest BCUT2D eigenvalue weighted by molar-refractivity contribution is -0.138. The minimum atomic E-state index is -0.641. The third-order valence-electron chi connectivity index (χ3n) is 5.90. The Morgan fingerprint density at radius 1 is 1.14 bits per heavy atom. The zero-order valence-electron chi connectivity index (χ0n) is 14.1. The quantitative estimate of drug-likeness (QED) is 0.832. The fraction of sp³-hybridized carbons (Fsp3) is 0.944. The Hall–Kier alpha value is -0.570. The third kappa shape index (κ3) is 4.45. The predicted octanol–water partition coefficient (Wildman–Crippen LogP) is 4.02. The molecule has 3 nitrogen and oxygen atoms in total. The molecule has 1 aliphatic carbocycles. The number of nitrogens with zero attached hydrogens (tertiary/aromatic N) is 1. The summed E-state index contributed by atoms with van der Waals surface area (Å²) in [5.41, 5.74) is 0. The lowest BCUT2D eigenvalue weighted by Gasteiger charge is -2.46. The molecule has 0 radical (unpaired) electrons. The molecule has 2 rings (SSSR count). The van der Waals surface area contributed by atoms with Crippen LogP contribution in [0.4, 0.5) is 0 Å². The molecule has 4 unspecified atom stereocenters. The number of carboxylic acid groups (broad SMARTS) is 1. The SMILES string of the molecule is CC(C)C1CCCCC1N1CCCC(C(C)CC(=O)O)C1. The first-order valence-electron chi connectivity index (χ1n) is 8.95. The first kappa shape index (κ1) is 16.8. The van der Waals surface area contributed by atoms with E-state index in [0.29, 0.717) is 18.3 Å². The summed E-state index contributed by atoms with van der Waals surface area (Å²) in [4.78, 5) is 13.7. The van der Waals surface area contributed by atoms with Crippen LogP contribution in [-0.2, 0) is 4.79 Å². The standard InChI is InChI=1S/C18H33NO2/c1-13(2)16-8-4-5-9-17(16)19-10-6-7-15(12-19)14(3)11-18(20)21/h13-17H,4-12H2,1-3H3,(H,20,21). The van der Waals surface area contributed by atoms with Gasteiger partial charge in [-0.25, -0.2) is 0 Å². The summed E-state index contributed by atoms with van der Waals surface area (Å²) < 4.78 is 0. The van der Waals surface area contributed by atoms with Crippen LogP contribution in [0.3, 0.4) is 0 Å². The van der Waals surface area contributed by atoms with Crippen LogP contribution in [0.2, 0.25) is 0 Å². The molecule has 1 heterocycles. The van der Waals surface area contributed by atoms with Crippen molar-refractivity contribution < 1.29 is 9.90 Å². The number of hydrogen-bond acceptors (Lipinski definition) is 2. The van der Waals surface area contributed by atoms with Crippen LogP contribution in [0.25, 0.3) is 0 Å². The van der Waals surface area contributed by atoms with Gasteiger partial charge < -0.3 is 5.11 Å². The van der Waals surface area contributed by atoms with Crippen LogP contribution in [0.1, 0.15) is 65.7 Å². The molecular weight excluding hydrogens is 262 g/mol. The number of carboxylic acids is 1. The lowest BCUT2D eigenvalue weighted by atomic mass is 9.75. The molecule has 2 aliphatic rings. The summed E-state index contributed by atoms with van der Waals surface area (Å²) in [6.07, 6.45) is 8.29. The maximum atomic E-state index is 11.0. The monoisotopic (exact) mass is 295 g/mol. The van der Waals surface area contributed by atoms with E-state index in [4.69, 9.17) is 5.11 Å². The van der Waals surface area contributed by atoms with Gasteiger partial charge in [-0.1, -0.05) is 33.6 Å². The zero-order chi connectivity index (χ0) is 15.4. The third-order valence-corrected chi connectivity index (χ3v) is 5.90. The molecule has 2 fully saturated rings. The van der Waals surface area contributed by atoms with Gasteiger partial charge in [0.1, 0.15) is 0 Å². The molecule has 21 heavy (non-hydrogen) atoms. The minimum absolute atomic E-state index is 0.311. The van der Waals surface area contributed by atoms with E-state index in [9.17, 15) is 4.79 Å². The Kier molecular flexibility index (Phi) is 6.09. The predicted molar refractivity (Wildman–Crippen MR) is 86.3 cm³/mol. The van der Waals surface area contributed by atoms with E-state index in [-0.39, 0.29) is 0 Å². The Balaban J connectivity index is 1.97. The van der Waals surface area contributed by atoms with Gasteiger partial charge in [0, 0.05) is 19.0 Å². The van der Waals surface area contributed by atoms with Gasteiger partial charge in [-0.2, -0.15) is 0 Å². The van der Waals surface area contributed by atoms with Crippen molar-refractivity contribution in [2.24, 2.45) is 23.7 Å². The largest absolute Gasteiger partial charge is 0.481 e. The average Bonchev–Trinajstić information content (AvgIpc) is 2.46. The minimum Gasteiger partial charge on any atom is -0.481 e. The number of hydrogen-bond donors (Lipinski definition) is 1. The fourth-order valence-electron chi connectivity index (χ4n) is 4.62. The van der Waals surface area contributed by atoms with Crippen LogP contribution in [0.15, 0.2) is 0 Å². The number of piperidine rings is 1. The van der Waals surface area contributed by atoms with Gasteiger partial charge in [0.05, 0.1) is 0 Å². The molecule has 122 valence electrons. The van der Waals surface area contributed by atoms with Crippen LogP contribution in [0.5, 0.6) is 0 Å². The summed E-state index contributed by atoms with van der Waals surface area (Å²) >= 11 is 0. The summed E-state index contributed by atoms with van der Waals surface area (Å²) in [6.45, 7) is 9.23. The lowest BCUT2D eigenvalue weighted by Crippen LogP contribution is -2.49. The molecule has 4 atom stereocenters. The second kappa shape index (κ2) is 7.62. The smallest absolute Gasteiger partial charge is 0.303 e. The van der Waals surface area contributed by atoms with Crippen LogP contribution in [-0.4, -0.2) is 35.1 Å². The van der Waals surface area contributed by atoms with E-state index >= 15 is 0 Å². The molecule has 1 N–H and O–H groups in total. The zero-order valence-corrected chi connectivity index (χ0v) is 14.1. The first-order chi connectivity index (χ1) is 9.99. The van der Waals surface area contributed by atoms with Crippen molar-refractivity contribution in [3.05, 3.63) is 0 Å². The average molecular weight is 295 g/mol. The molecular formula is C18H33NO2. The van der Waals surface area contributed by atoms with Gasteiger partial charge in [-0.15, -0.1) is 0 Å². The van der Waals surface area contributed by atoms with Crippen LogP contribution >= 0.6 is 0 Å². The Morgan fingerprint density at radius 2 is 1.86 bits per heavy atom. The molecule has 0 aromatic heterocycles. The second-order valence-corrected chi connectivity index (χ2v) is 7.73. The van der Waals surface area contributed by atoms with Crippen LogP contribution < -0.4 is 0 Å². The number of likely N-dealkylation sites (tertiary alicyclic amines) is 1. The maximum Gasteiger partial charge on any atom is 0.303 e. The molecule has 1 aliphatic heterocycles. The first-order valence-corrected chi connectivity index (χ1v) is 8.95. The van der Waals surface area contributed by atoms with Crippen molar-refractivity contribution >= 4 is 5.97 Å². The Bertz CT molecular complexity index is 342. The normalized spacial score (nSPS) is 33.0. The molecule has 0 amide bonds. The van der Waals surface area contributed by atoms with Gasteiger partial charge in [0.25, 0.3) is 0 Å². The van der Waals surface area contributed by atoms with E-state index < -0.39 is 5.97 Å². The van der Waals surface area contributed by atoms with Crippen LogP contribution in [0, 0.1) is 23.7 Å². The molecule has 0 aromatic carbocycles. The summed E-state index contributed by atoms with van der Waals surface area (Å²) in [6, 6.07) is 0.749. The Labute approximate surface area is 130 Å². The Morgan fingerprint density at radius 3 is 2.52 bits per heavy atom. The molecule has 0 aromatic rings. The second-order valence-electron chi connectivity index (χ2n) is 7.73. The van der Waals surface area contributed by atoms with E-state index in [1.807, 2.05) is 0 Å². The highest BCUT2D eigenvalue weighted by Crippen LogP contribution is 2.36. The molecule has 0 spiro atoms. The summed E-state index contributed by atoms with van der Waals surface area (Å²) in [5.74, 6) is 1.85. The van der Waals surface area contributed by atoms with Crippen molar-refractivity contribution in [1.29, 1.82) is 0 Å². The van der Waals surface area contributed by atoms with Gasteiger partial charge >= 0.3 is 5.97 Å². The molecule has 0 bridgehead atoms. The van der Waals surface area contributed by atoms with E-state index in [2.05, 4.69) is 25.7 Å². The maximum absolute atomic E-state index is 11.0. The van der Waals surface area contributed by atoms with Crippen molar-refractivity contribution in [2.45, 2.75) is 71.8 Å². The number of carbonyl (C=O) groups is 1.